The van der Waals surface area contributed by atoms with Crippen LogP contribution in [0.3, 0.4) is 0 Å². The molecular formula is C16H21N3O2. The van der Waals surface area contributed by atoms with Gasteiger partial charge in [-0.25, -0.2) is 4.79 Å². The number of carboxylic acids is 1. The van der Waals surface area contributed by atoms with Crippen LogP contribution in [0.5, 0.6) is 0 Å². The number of nitrogens with one attached hydrogen (secondary N) is 1. The second kappa shape index (κ2) is 6.10. The van der Waals surface area contributed by atoms with Gasteiger partial charge >= 0.3 is 5.97 Å². The first-order valence-corrected chi connectivity index (χ1v) is 6.93. The van der Waals surface area contributed by atoms with Gasteiger partial charge in [0.15, 0.2) is 0 Å². The number of nitrogens with zero attached hydrogens (tertiary/aromatic N) is 2. The molecule has 1 heterocycles. The van der Waals surface area contributed by atoms with Crippen LogP contribution in [-0.2, 0) is 18.6 Å². The van der Waals surface area contributed by atoms with E-state index in [1.165, 1.54) is 0 Å². The lowest BCUT2D eigenvalue weighted by Gasteiger charge is -2.18. The Kier molecular flexibility index (Phi) is 4.43. The van der Waals surface area contributed by atoms with Gasteiger partial charge in [0, 0.05) is 24.8 Å². The normalized spacial score (nSPS) is 11.6. The first-order valence-electron chi connectivity index (χ1n) is 6.93. The third kappa shape index (κ3) is 4.16. The molecule has 0 spiro atoms. The molecule has 1 aromatic carbocycles. The third-order valence-corrected chi connectivity index (χ3v) is 3.18. The fourth-order valence-electron chi connectivity index (χ4n) is 1.93. The zero-order valence-corrected chi connectivity index (χ0v) is 12.6. The predicted octanol–water partition coefficient (Wildman–Crippen LogP) is 2.63. The highest BCUT2D eigenvalue weighted by Crippen LogP contribution is 2.13. The van der Waals surface area contributed by atoms with Gasteiger partial charge in [0.1, 0.15) is 0 Å². The summed E-state index contributed by atoms with van der Waals surface area (Å²) in [6.45, 7) is 7.76. The number of hydrogen-bond donors (Lipinski definition) is 2. The Bertz CT molecular complexity index is 609. The molecule has 0 fully saturated rings. The van der Waals surface area contributed by atoms with Gasteiger partial charge in [0.2, 0.25) is 0 Å². The van der Waals surface area contributed by atoms with Crippen molar-refractivity contribution in [3.63, 3.8) is 0 Å². The molecule has 1 aromatic heterocycles. The van der Waals surface area contributed by atoms with Crippen molar-refractivity contribution in [2.24, 2.45) is 0 Å². The van der Waals surface area contributed by atoms with Crippen molar-refractivity contribution in [1.82, 2.24) is 15.1 Å². The highest BCUT2D eigenvalue weighted by Gasteiger charge is 2.13. The smallest absolute Gasteiger partial charge is 0.335 e. The number of carbonyl (C=O) groups is 1. The summed E-state index contributed by atoms with van der Waals surface area (Å²) < 4.78 is 1.95. The highest BCUT2D eigenvalue weighted by atomic mass is 16.4. The minimum Gasteiger partial charge on any atom is -0.478 e. The average molecular weight is 287 g/mol. The van der Waals surface area contributed by atoms with Gasteiger partial charge in [-0.15, -0.1) is 0 Å². The van der Waals surface area contributed by atoms with Crippen LogP contribution in [0.15, 0.2) is 36.7 Å². The summed E-state index contributed by atoms with van der Waals surface area (Å²) in [6.07, 6.45) is 3.91. The number of aromatic carboxylic acids is 1. The van der Waals surface area contributed by atoms with Crippen molar-refractivity contribution in [2.45, 2.75) is 39.4 Å². The quantitative estimate of drug-likeness (QED) is 0.887. The molecule has 0 amide bonds. The Morgan fingerprint density at radius 2 is 1.81 bits per heavy atom. The standard InChI is InChI=1S/C16H21N3O2/c1-16(2,3)19-11-13(10-18-19)9-17-8-12-4-6-14(7-5-12)15(20)21/h4-7,10-11,17H,8-9H2,1-3H3,(H,20,21). The van der Waals surface area contributed by atoms with E-state index in [0.717, 1.165) is 17.7 Å². The van der Waals surface area contributed by atoms with Gasteiger partial charge in [0.05, 0.1) is 17.3 Å². The number of aromatic nitrogens is 2. The topological polar surface area (TPSA) is 67.2 Å². The van der Waals surface area contributed by atoms with E-state index in [2.05, 4.69) is 31.2 Å². The van der Waals surface area contributed by atoms with Crippen molar-refractivity contribution in [1.29, 1.82) is 0 Å². The fraction of sp³-hybridized carbons (Fsp3) is 0.375. The molecule has 0 aliphatic heterocycles. The third-order valence-electron chi connectivity index (χ3n) is 3.18. The fourth-order valence-corrected chi connectivity index (χ4v) is 1.93. The SMILES string of the molecule is CC(C)(C)n1cc(CNCc2ccc(C(=O)O)cc2)cn1. The highest BCUT2D eigenvalue weighted by molar-refractivity contribution is 5.87. The van der Waals surface area contributed by atoms with Gasteiger partial charge in [-0.05, 0) is 38.5 Å². The van der Waals surface area contributed by atoms with Crippen LogP contribution in [0.25, 0.3) is 0 Å². The average Bonchev–Trinajstić information content (AvgIpc) is 2.88. The summed E-state index contributed by atoms with van der Waals surface area (Å²) in [6, 6.07) is 6.90. The van der Waals surface area contributed by atoms with E-state index in [1.807, 2.05) is 29.2 Å². The summed E-state index contributed by atoms with van der Waals surface area (Å²) in [5.41, 5.74) is 2.49. The van der Waals surface area contributed by atoms with Gasteiger partial charge in [-0.3, -0.25) is 4.68 Å². The van der Waals surface area contributed by atoms with E-state index in [-0.39, 0.29) is 5.54 Å². The lowest BCUT2D eigenvalue weighted by Crippen LogP contribution is -2.22. The Balaban J connectivity index is 1.86. The first kappa shape index (κ1) is 15.3. The molecule has 0 aliphatic rings. The van der Waals surface area contributed by atoms with Crippen LogP contribution in [0.4, 0.5) is 0 Å². The van der Waals surface area contributed by atoms with Crippen molar-refractivity contribution in [2.75, 3.05) is 0 Å². The minimum absolute atomic E-state index is 0.00901. The molecule has 2 N–H and O–H groups in total. The molecule has 0 atom stereocenters. The van der Waals surface area contributed by atoms with E-state index in [9.17, 15) is 4.79 Å². The van der Waals surface area contributed by atoms with Gasteiger partial charge in [0.25, 0.3) is 0 Å². The van der Waals surface area contributed by atoms with Crippen molar-refractivity contribution in [3.05, 3.63) is 53.3 Å². The summed E-state index contributed by atoms with van der Waals surface area (Å²) in [4.78, 5) is 10.8. The Morgan fingerprint density at radius 3 is 2.33 bits per heavy atom. The van der Waals surface area contributed by atoms with E-state index in [4.69, 9.17) is 5.11 Å². The van der Waals surface area contributed by atoms with Gasteiger partial charge in [-0.2, -0.15) is 5.10 Å². The summed E-state index contributed by atoms with van der Waals surface area (Å²) in [5.74, 6) is -0.899. The van der Waals surface area contributed by atoms with Crippen LogP contribution in [0.1, 0.15) is 42.3 Å². The predicted molar refractivity (Wildman–Crippen MR) is 81.2 cm³/mol. The monoisotopic (exact) mass is 287 g/mol. The summed E-state index contributed by atoms with van der Waals surface area (Å²) in [7, 11) is 0. The zero-order valence-electron chi connectivity index (χ0n) is 12.6. The van der Waals surface area contributed by atoms with E-state index in [1.54, 1.807) is 12.1 Å². The van der Waals surface area contributed by atoms with Crippen LogP contribution >= 0.6 is 0 Å². The number of carboxylic acid groups (broad SMARTS) is 1. The van der Waals surface area contributed by atoms with Crippen molar-refractivity contribution >= 4 is 5.97 Å². The number of benzene rings is 1. The molecular weight excluding hydrogens is 266 g/mol. The summed E-state index contributed by atoms with van der Waals surface area (Å²) >= 11 is 0. The lowest BCUT2D eigenvalue weighted by molar-refractivity contribution is 0.0697. The summed E-state index contributed by atoms with van der Waals surface area (Å²) in [5, 5.41) is 16.5. The Hall–Kier alpha value is -2.14. The maximum Gasteiger partial charge on any atom is 0.335 e. The van der Waals surface area contributed by atoms with Crippen molar-refractivity contribution < 1.29 is 9.90 Å². The molecule has 112 valence electrons. The van der Waals surface area contributed by atoms with Crippen LogP contribution in [-0.4, -0.2) is 20.9 Å². The van der Waals surface area contributed by atoms with Gasteiger partial charge < -0.3 is 10.4 Å². The maximum absolute atomic E-state index is 10.8. The van der Waals surface area contributed by atoms with E-state index < -0.39 is 5.97 Å². The molecule has 0 bridgehead atoms. The zero-order chi connectivity index (χ0) is 15.5. The second-order valence-corrected chi connectivity index (χ2v) is 6.07. The second-order valence-electron chi connectivity index (χ2n) is 6.07. The molecule has 0 aliphatic carbocycles. The molecule has 21 heavy (non-hydrogen) atoms. The lowest BCUT2D eigenvalue weighted by atomic mass is 10.1. The van der Waals surface area contributed by atoms with Crippen molar-refractivity contribution in [3.8, 4) is 0 Å². The molecule has 0 radical (unpaired) electrons. The number of rotatable bonds is 5. The van der Waals surface area contributed by atoms with E-state index in [0.29, 0.717) is 12.1 Å². The van der Waals surface area contributed by atoms with Gasteiger partial charge in [-0.1, -0.05) is 12.1 Å². The molecule has 2 aromatic rings. The molecule has 5 heteroatoms. The van der Waals surface area contributed by atoms with Crippen LogP contribution < -0.4 is 5.32 Å². The molecule has 2 rings (SSSR count). The molecule has 0 saturated carbocycles. The molecule has 0 saturated heterocycles. The number of hydrogen-bond acceptors (Lipinski definition) is 3. The molecule has 5 nitrogen and oxygen atoms in total. The minimum atomic E-state index is -0.899. The first-order chi connectivity index (χ1) is 9.86. The molecule has 0 unspecified atom stereocenters. The van der Waals surface area contributed by atoms with E-state index >= 15 is 0 Å². The van der Waals surface area contributed by atoms with Crippen LogP contribution in [0, 0.1) is 0 Å². The maximum atomic E-state index is 10.8. The Morgan fingerprint density at radius 1 is 1.19 bits per heavy atom. The largest absolute Gasteiger partial charge is 0.478 e. The van der Waals surface area contributed by atoms with Crippen LogP contribution in [0.2, 0.25) is 0 Å². The Labute approximate surface area is 124 Å².